The SMILES string of the molecule is [2H]CCCCCCCC(=O)O[C@H](C)[C@H](NC(=O)OCC1c2ccccc2-c2ccccc21)C(=O)O. The zero-order valence-corrected chi connectivity index (χ0v) is 19.5. The second-order valence-corrected chi connectivity index (χ2v) is 8.50. The summed E-state index contributed by atoms with van der Waals surface area (Å²) >= 11 is 0. The van der Waals surface area contributed by atoms with Gasteiger partial charge < -0.3 is 19.9 Å². The number of fused-ring (bicyclic) bond motifs is 3. The molecule has 2 aromatic rings. The van der Waals surface area contributed by atoms with Gasteiger partial charge in [0.15, 0.2) is 6.04 Å². The van der Waals surface area contributed by atoms with Crippen molar-refractivity contribution in [2.24, 2.45) is 0 Å². The average Bonchev–Trinajstić information content (AvgIpc) is 3.17. The number of hydrogen-bond donors (Lipinski definition) is 2. The van der Waals surface area contributed by atoms with Gasteiger partial charge in [-0.1, -0.05) is 81.1 Å². The first kappa shape index (κ1) is 23.8. The summed E-state index contributed by atoms with van der Waals surface area (Å²) in [6.07, 6.45) is 2.50. The number of hydrogen-bond acceptors (Lipinski definition) is 5. The molecular formula is C27H33NO6. The Morgan fingerprint density at radius 3 is 2.24 bits per heavy atom. The van der Waals surface area contributed by atoms with Gasteiger partial charge in [-0.25, -0.2) is 9.59 Å². The van der Waals surface area contributed by atoms with E-state index in [1.807, 2.05) is 48.5 Å². The van der Waals surface area contributed by atoms with Gasteiger partial charge in [0.25, 0.3) is 0 Å². The molecule has 2 aromatic carbocycles. The number of benzene rings is 2. The second kappa shape index (κ2) is 12.2. The van der Waals surface area contributed by atoms with Gasteiger partial charge in [-0.2, -0.15) is 0 Å². The van der Waals surface area contributed by atoms with Crippen LogP contribution in [-0.2, 0) is 19.1 Å². The molecule has 182 valence electrons. The summed E-state index contributed by atoms with van der Waals surface area (Å²) in [5, 5.41) is 11.9. The number of nitrogens with one attached hydrogen (secondary N) is 1. The Balaban J connectivity index is 1.50. The lowest BCUT2D eigenvalue weighted by molar-refractivity contribution is -0.154. The van der Waals surface area contributed by atoms with E-state index < -0.39 is 30.2 Å². The van der Waals surface area contributed by atoms with Gasteiger partial charge in [-0.15, -0.1) is 0 Å². The molecule has 3 rings (SSSR count). The van der Waals surface area contributed by atoms with E-state index in [4.69, 9.17) is 10.8 Å². The molecule has 0 aliphatic heterocycles. The fraction of sp³-hybridized carbons (Fsp3) is 0.444. The first-order valence-electron chi connectivity index (χ1n) is 12.5. The molecule has 0 heterocycles. The third-order valence-corrected chi connectivity index (χ3v) is 6.05. The number of carboxylic acid groups (broad SMARTS) is 1. The average molecular weight is 469 g/mol. The molecule has 1 aliphatic rings. The van der Waals surface area contributed by atoms with Crippen molar-refractivity contribution in [3.05, 3.63) is 59.7 Å². The maximum absolute atomic E-state index is 12.5. The van der Waals surface area contributed by atoms with Crippen molar-refractivity contribution in [2.75, 3.05) is 6.61 Å². The van der Waals surface area contributed by atoms with E-state index in [0.29, 0.717) is 13.3 Å². The molecule has 2 N–H and O–H groups in total. The topological polar surface area (TPSA) is 102 Å². The molecule has 0 spiro atoms. The van der Waals surface area contributed by atoms with Crippen molar-refractivity contribution < 1.29 is 30.3 Å². The van der Waals surface area contributed by atoms with E-state index >= 15 is 0 Å². The summed E-state index contributed by atoms with van der Waals surface area (Å²) in [7, 11) is 0. The zero-order valence-electron chi connectivity index (χ0n) is 20.5. The highest BCUT2D eigenvalue weighted by Gasteiger charge is 2.32. The number of alkyl carbamates (subject to hydrolysis) is 1. The summed E-state index contributed by atoms with van der Waals surface area (Å²) in [5.41, 5.74) is 4.30. The van der Waals surface area contributed by atoms with Gasteiger partial charge in [0, 0.05) is 13.7 Å². The maximum Gasteiger partial charge on any atom is 0.407 e. The highest BCUT2D eigenvalue weighted by Crippen LogP contribution is 2.44. The first-order valence-corrected chi connectivity index (χ1v) is 11.8. The number of amides is 1. The largest absolute Gasteiger partial charge is 0.480 e. The van der Waals surface area contributed by atoms with Crippen LogP contribution in [0.2, 0.25) is 0 Å². The minimum Gasteiger partial charge on any atom is -0.480 e. The molecular weight excluding hydrogens is 434 g/mol. The van der Waals surface area contributed by atoms with Crippen LogP contribution in [0, 0.1) is 0 Å². The number of ether oxygens (including phenoxy) is 2. The number of aliphatic carboxylic acids is 1. The van der Waals surface area contributed by atoms with Crippen LogP contribution in [0.1, 0.15) is 70.8 Å². The van der Waals surface area contributed by atoms with Crippen LogP contribution in [0.3, 0.4) is 0 Å². The van der Waals surface area contributed by atoms with Crippen molar-refractivity contribution in [1.29, 1.82) is 0 Å². The van der Waals surface area contributed by atoms with E-state index in [1.54, 1.807) is 0 Å². The first-order chi connectivity index (χ1) is 16.9. The summed E-state index contributed by atoms with van der Waals surface area (Å²) in [6, 6.07) is 14.4. The Kier molecular flexibility index (Phi) is 8.54. The third-order valence-electron chi connectivity index (χ3n) is 6.05. The molecule has 0 aromatic heterocycles. The standard InChI is InChI=1S/C27H33NO6/c1-3-4-5-6-7-16-24(29)34-18(2)25(26(30)31)28-27(32)33-17-23-21-14-10-8-12-19(21)20-13-9-11-15-22(20)23/h8-15,18,23,25H,3-7,16-17H2,1-2H3,(H,28,32)(H,30,31)/t18-,25+/m1/s1/i1D. The molecule has 34 heavy (non-hydrogen) atoms. The van der Waals surface area contributed by atoms with Gasteiger partial charge in [-0.3, -0.25) is 4.79 Å². The quantitative estimate of drug-likeness (QED) is 0.325. The van der Waals surface area contributed by atoms with Gasteiger partial charge >= 0.3 is 18.0 Å². The molecule has 7 nitrogen and oxygen atoms in total. The molecule has 0 bridgehead atoms. The lowest BCUT2D eigenvalue weighted by atomic mass is 9.98. The van der Waals surface area contributed by atoms with Gasteiger partial charge in [-0.05, 0) is 35.6 Å². The summed E-state index contributed by atoms with van der Waals surface area (Å²) < 4.78 is 17.8. The predicted molar refractivity (Wildman–Crippen MR) is 129 cm³/mol. The number of rotatable bonds is 12. The van der Waals surface area contributed by atoms with E-state index in [2.05, 4.69) is 5.32 Å². The molecule has 1 amide bonds. The molecule has 0 radical (unpaired) electrons. The molecule has 0 saturated carbocycles. The Morgan fingerprint density at radius 1 is 1.00 bits per heavy atom. The van der Waals surface area contributed by atoms with Crippen molar-refractivity contribution in [2.45, 2.75) is 70.4 Å². The predicted octanol–water partition coefficient (Wildman–Crippen LogP) is 5.27. The monoisotopic (exact) mass is 468 g/mol. The van der Waals surface area contributed by atoms with Crippen LogP contribution in [0.25, 0.3) is 11.1 Å². The zero-order chi connectivity index (χ0) is 25.2. The Hall–Kier alpha value is -3.35. The van der Waals surface area contributed by atoms with Gasteiger partial charge in [0.1, 0.15) is 12.7 Å². The number of unbranched alkanes of at least 4 members (excludes halogenated alkanes) is 4. The van der Waals surface area contributed by atoms with Crippen molar-refractivity contribution in [3.8, 4) is 11.1 Å². The molecule has 0 fully saturated rings. The highest BCUT2D eigenvalue weighted by atomic mass is 16.6. The summed E-state index contributed by atoms with van der Waals surface area (Å²) in [6.45, 7) is 1.90. The van der Waals surface area contributed by atoms with E-state index in [-0.39, 0.29) is 18.9 Å². The van der Waals surface area contributed by atoms with Crippen LogP contribution in [-0.4, -0.2) is 41.9 Å². The highest BCUT2D eigenvalue weighted by molar-refractivity contribution is 5.82. The van der Waals surface area contributed by atoms with Crippen LogP contribution in [0.4, 0.5) is 4.79 Å². The molecule has 0 saturated heterocycles. The second-order valence-electron chi connectivity index (χ2n) is 8.50. The Labute approximate surface area is 201 Å². The molecule has 7 heteroatoms. The number of carbonyl (C=O) groups is 3. The van der Waals surface area contributed by atoms with Crippen LogP contribution in [0.5, 0.6) is 0 Å². The lowest BCUT2D eigenvalue weighted by Crippen LogP contribution is -2.49. The van der Waals surface area contributed by atoms with Crippen LogP contribution in [0.15, 0.2) is 48.5 Å². The fourth-order valence-electron chi connectivity index (χ4n) is 4.28. The van der Waals surface area contributed by atoms with Crippen molar-refractivity contribution in [1.82, 2.24) is 5.32 Å². The van der Waals surface area contributed by atoms with Crippen molar-refractivity contribution in [3.63, 3.8) is 0 Å². The van der Waals surface area contributed by atoms with E-state index in [1.165, 1.54) is 6.92 Å². The molecule has 1 aliphatic carbocycles. The van der Waals surface area contributed by atoms with E-state index in [9.17, 15) is 19.5 Å². The number of esters is 1. The maximum atomic E-state index is 12.5. The van der Waals surface area contributed by atoms with Crippen LogP contribution < -0.4 is 5.32 Å². The minimum absolute atomic E-state index is 0.0561. The third kappa shape index (κ3) is 6.37. The Bertz CT molecular complexity index is 981. The smallest absolute Gasteiger partial charge is 0.407 e. The minimum atomic E-state index is -1.42. The summed E-state index contributed by atoms with van der Waals surface area (Å²) in [5.74, 6) is -1.96. The van der Waals surface area contributed by atoms with E-state index in [0.717, 1.165) is 47.9 Å². The van der Waals surface area contributed by atoms with Crippen molar-refractivity contribution >= 4 is 18.0 Å². The molecule has 0 unspecified atom stereocenters. The summed E-state index contributed by atoms with van der Waals surface area (Å²) in [4.78, 5) is 36.3. The van der Waals surface area contributed by atoms with Gasteiger partial charge in [0.05, 0.1) is 0 Å². The van der Waals surface area contributed by atoms with Gasteiger partial charge in [0.2, 0.25) is 0 Å². The number of carbonyl (C=O) groups excluding carboxylic acids is 2. The normalized spacial score (nSPS) is 14.3. The fourth-order valence-corrected chi connectivity index (χ4v) is 4.28. The number of carboxylic acids is 1. The molecule has 2 atom stereocenters. The van der Waals surface area contributed by atoms with Crippen LogP contribution >= 0.6 is 0 Å². The lowest BCUT2D eigenvalue weighted by Gasteiger charge is -2.22. The Morgan fingerprint density at radius 2 is 1.62 bits per heavy atom.